The molecular weight excluding hydrogens is 384 g/mol. The summed E-state index contributed by atoms with van der Waals surface area (Å²) in [6, 6.07) is 26.3. The number of amides is 2. The fraction of sp³-hybridized carbons (Fsp3) is 0.185. The quantitative estimate of drug-likeness (QED) is 0.558. The largest absolute Gasteiger partial charge is 0.343 e. The lowest BCUT2D eigenvalue weighted by atomic mass is 9.90. The molecule has 3 aromatic carbocycles. The Morgan fingerprint density at radius 3 is 2.03 bits per heavy atom. The maximum absolute atomic E-state index is 13.5. The molecular formula is C27H26N2O2. The normalized spacial score (nSPS) is 11.4. The Labute approximate surface area is 183 Å². The van der Waals surface area contributed by atoms with E-state index < -0.39 is 12.0 Å². The highest BCUT2D eigenvalue weighted by atomic mass is 16.2. The van der Waals surface area contributed by atoms with Gasteiger partial charge in [0.15, 0.2) is 0 Å². The minimum absolute atomic E-state index is 0.111. The first-order valence-corrected chi connectivity index (χ1v) is 10.3. The molecule has 4 heteroatoms. The Bertz CT molecular complexity index is 1020. The van der Waals surface area contributed by atoms with Crippen LogP contribution in [0.15, 0.2) is 84.9 Å². The van der Waals surface area contributed by atoms with Gasteiger partial charge in [0.25, 0.3) is 0 Å². The van der Waals surface area contributed by atoms with Crippen LogP contribution in [0.4, 0.5) is 0 Å². The Kier molecular flexibility index (Phi) is 7.61. The van der Waals surface area contributed by atoms with Crippen molar-refractivity contribution in [2.75, 3.05) is 6.54 Å². The topological polar surface area (TPSA) is 58.2 Å². The number of hydrogen-bond donors (Lipinski definition) is 2. The number of aryl methyl sites for hydroxylation is 1. The van der Waals surface area contributed by atoms with Gasteiger partial charge in [0.2, 0.25) is 11.8 Å². The Morgan fingerprint density at radius 1 is 0.871 bits per heavy atom. The van der Waals surface area contributed by atoms with E-state index in [0.29, 0.717) is 6.42 Å². The molecule has 156 valence electrons. The molecule has 0 aliphatic heterocycles. The lowest BCUT2D eigenvalue weighted by molar-refractivity contribution is -0.129. The van der Waals surface area contributed by atoms with Crippen LogP contribution < -0.4 is 10.6 Å². The van der Waals surface area contributed by atoms with Crippen LogP contribution in [0, 0.1) is 19.3 Å². The molecule has 0 aliphatic rings. The molecule has 0 spiro atoms. The first-order valence-electron chi connectivity index (χ1n) is 10.3. The minimum atomic E-state index is -0.738. The average Bonchev–Trinajstić information content (AvgIpc) is 2.78. The zero-order valence-electron chi connectivity index (χ0n) is 17.5. The number of carbonyl (C=O) groups is 2. The van der Waals surface area contributed by atoms with Crippen LogP contribution in [-0.4, -0.2) is 24.4 Å². The molecule has 2 N–H and O–H groups in total. The lowest BCUT2D eigenvalue weighted by Crippen LogP contribution is -2.49. The van der Waals surface area contributed by atoms with Crippen molar-refractivity contribution in [3.8, 4) is 12.3 Å². The molecule has 0 radical (unpaired) electrons. The summed E-state index contributed by atoms with van der Waals surface area (Å²) in [5.74, 6) is 1.36. The van der Waals surface area contributed by atoms with Crippen molar-refractivity contribution in [3.05, 3.63) is 107 Å². The number of benzene rings is 3. The SMILES string of the molecule is C#CCNC(=O)[C@H](Cc1cccc(C)c1)NC(=O)C(c1ccccc1)c1ccccc1. The molecule has 0 bridgehead atoms. The van der Waals surface area contributed by atoms with E-state index in [0.717, 1.165) is 22.3 Å². The first-order chi connectivity index (χ1) is 15.1. The van der Waals surface area contributed by atoms with Crippen molar-refractivity contribution in [1.82, 2.24) is 10.6 Å². The zero-order chi connectivity index (χ0) is 22.1. The van der Waals surface area contributed by atoms with Crippen LogP contribution in [0.25, 0.3) is 0 Å². The van der Waals surface area contributed by atoms with Gasteiger partial charge >= 0.3 is 0 Å². The van der Waals surface area contributed by atoms with E-state index in [2.05, 4.69) is 16.6 Å². The second-order valence-corrected chi connectivity index (χ2v) is 7.43. The Morgan fingerprint density at radius 2 is 1.48 bits per heavy atom. The van der Waals surface area contributed by atoms with Crippen molar-refractivity contribution in [3.63, 3.8) is 0 Å². The predicted molar refractivity (Wildman–Crippen MR) is 123 cm³/mol. The standard InChI is InChI=1S/C27H26N2O2/c1-3-17-28-26(30)24(19-21-12-10-11-20(2)18-21)29-27(31)25(22-13-6-4-7-14-22)23-15-8-5-9-16-23/h1,4-16,18,24-25H,17,19H2,2H3,(H,28,30)(H,29,31)/t24-/m0/s1. The van der Waals surface area contributed by atoms with Gasteiger partial charge in [-0.05, 0) is 23.6 Å². The van der Waals surface area contributed by atoms with Crippen LogP contribution in [0.5, 0.6) is 0 Å². The van der Waals surface area contributed by atoms with Crippen molar-refractivity contribution in [2.24, 2.45) is 0 Å². The van der Waals surface area contributed by atoms with Crippen LogP contribution in [-0.2, 0) is 16.0 Å². The molecule has 0 aliphatic carbocycles. The molecule has 1 atom stereocenters. The third kappa shape index (κ3) is 6.07. The Hall–Kier alpha value is -3.84. The van der Waals surface area contributed by atoms with E-state index in [1.807, 2.05) is 91.9 Å². The summed E-state index contributed by atoms with van der Waals surface area (Å²) >= 11 is 0. The molecule has 0 aromatic heterocycles. The molecule has 0 saturated heterocycles. The third-order valence-corrected chi connectivity index (χ3v) is 5.05. The number of carbonyl (C=O) groups excluding carboxylic acids is 2. The summed E-state index contributed by atoms with van der Waals surface area (Å²) in [6.45, 7) is 2.11. The van der Waals surface area contributed by atoms with Gasteiger partial charge in [0.1, 0.15) is 6.04 Å². The smallest absolute Gasteiger partial charge is 0.243 e. The second kappa shape index (κ2) is 10.8. The fourth-order valence-electron chi connectivity index (χ4n) is 3.59. The number of terminal acetylenes is 1. The van der Waals surface area contributed by atoms with Crippen molar-refractivity contribution < 1.29 is 9.59 Å². The summed E-state index contributed by atoms with van der Waals surface area (Å²) in [5.41, 5.74) is 3.80. The van der Waals surface area contributed by atoms with Crippen LogP contribution >= 0.6 is 0 Å². The first kappa shape index (κ1) is 21.9. The number of rotatable bonds is 8. The van der Waals surface area contributed by atoms with Crippen molar-refractivity contribution >= 4 is 11.8 Å². The van der Waals surface area contributed by atoms with Gasteiger partial charge in [-0.3, -0.25) is 9.59 Å². The Balaban J connectivity index is 1.89. The maximum Gasteiger partial charge on any atom is 0.243 e. The number of nitrogens with one attached hydrogen (secondary N) is 2. The summed E-state index contributed by atoms with van der Waals surface area (Å²) in [7, 11) is 0. The zero-order valence-corrected chi connectivity index (χ0v) is 17.5. The summed E-state index contributed by atoms with van der Waals surface area (Å²) in [4.78, 5) is 26.3. The highest BCUT2D eigenvalue weighted by Crippen LogP contribution is 2.25. The third-order valence-electron chi connectivity index (χ3n) is 5.05. The van der Waals surface area contributed by atoms with Gasteiger partial charge in [0.05, 0.1) is 12.5 Å². The lowest BCUT2D eigenvalue weighted by Gasteiger charge is -2.23. The molecule has 0 fully saturated rings. The molecule has 0 heterocycles. The molecule has 2 amide bonds. The van der Waals surface area contributed by atoms with Crippen LogP contribution in [0.2, 0.25) is 0 Å². The molecule has 31 heavy (non-hydrogen) atoms. The van der Waals surface area contributed by atoms with Gasteiger partial charge < -0.3 is 10.6 Å². The molecule has 4 nitrogen and oxygen atoms in total. The van der Waals surface area contributed by atoms with Gasteiger partial charge in [-0.1, -0.05) is 96.4 Å². The highest BCUT2D eigenvalue weighted by Gasteiger charge is 2.28. The van der Waals surface area contributed by atoms with E-state index in [4.69, 9.17) is 6.42 Å². The fourth-order valence-corrected chi connectivity index (χ4v) is 3.59. The molecule has 3 aromatic rings. The second-order valence-electron chi connectivity index (χ2n) is 7.43. The van der Waals surface area contributed by atoms with E-state index >= 15 is 0 Å². The van der Waals surface area contributed by atoms with Crippen LogP contribution in [0.1, 0.15) is 28.2 Å². The van der Waals surface area contributed by atoms with Gasteiger partial charge in [0, 0.05) is 6.42 Å². The van der Waals surface area contributed by atoms with Crippen molar-refractivity contribution in [2.45, 2.75) is 25.3 Å². The van der Waals surface area contributed by atoms with E-state index in [1.54, 1.807) is 0 Å². The van der Waals surface area contributed by atoms with Gasteiger partial charge in [-0.25, -0.2) is 0 Å². The van der Waals surface area contributed by atoms with Crippen molar-refractivity contribution in [1.29, 1.82) is 0 Å². The molecule has 0 saturated carbocycles. The minimum Gasteiger partial charge on any atom is -0.343 e. The van der Waals surface area contributed by atoms with Gasteiger partial charge in [-0.15, -0.1) is 6.42 Å². The summed E-state index contributed by atoms with van der Waals surface area (Å²) < 4.78 is 0. The summed E-state index contributed by atoms with van der Waals surface area (Å²) in [6.07, 6.45) is 5.67. The monoisotopic (exact) mass is 410 g/mol. The highest BCUT2D eigenvalue weighted by molar-refractivity contribution is 5.92. The summed E-state index contributed by atoms with van der Waals surface area (Å²) in [5, 5.41) is 5.67. The molecule has 3 rings (SSSR count). The van der Waals surface area contributed by atoms with E-state index in [-0.39, 0.29) is 18.4 Å². The van der Waals surface area contributed by atoms with E-state index in [9.17, 15) is 9.59 Å². The number of hydrogen-bond acceptors (Lipinski definition) is 2. The van der Waals surface area contributed by atoms with Gasteiger partial charge in [-0.2, -0.15) is 0 Å². The van der Waals surface area contributed by atoms with E-state index in [1.165, 1.54) is 0 Å². The predicted octanol–water partition coefficient (Wildman–Crippen LogP) is 3.60. The average molecular weight is 411 g/mol. The maximum atomic E-state index is 13.5. The van der Waals surface area contributed by atoms with Crippen LogP contribution in [0.3, 0.4) is 0 Å². The molecule has 0 unspecified atom stereocenters.